The molecule has 0 radical (unpaired) electrons. The van der Waals surface area contributed by atoms with Gasteiger partial charge in [0, 0.05) is 24.2 Å². The number of pyridine rings is 1. The van der Waals surface area contributed by atoms with E-state index < -0.39 is 17.3 Å². The SMILES string of the molecule is C/C=C\c1ncc(-c2cccc(C(C)(F)F)c2F)cc1C. The molecule has 0 saturated heterocycles. The summed E-state index contributed by atoms with van der Waals surface area (Å²) in [6, 6.07) is 5.77. The van der Waals surface area contributed by atoms with Crippen molar-refractivity contribution in [1.82, 2.24) is 4.98 Å². The van der Waals surface area contributed by atoms with Crippen molar-refractivity contribution in [2.75, 3.05) is 0 Å². The summed E-state index contributed by atoms with van der Waals surface area (Å²) in [5, 5.41) is 0. The van der Waals surface area contributed by atoms with E-state index in [0.29, 0.717) is 12.5 Å². The van der Waals surface area contributed by atoms with E-state index in [9.17, 15) is 13.2 Å². The largest absolute Gasteiger partial charge is 0.273 e. The maximum atomic E-state index is 14.3. The topological polar surface area (TPSA) is 12.9 Å². The third-order valence-electron chi connectivity index (χ3n) is 3.23. The number of allylic oxidation sites excluding steroid dienone is 1. The van der Waals surface area contributed by atoms with Gasteiger partial charge in [-0.05, 0) is 31.6 Å². The van der Waals surface area contributed by atoms with Gasteiger partial charge in [-0.15, -0.1) is 0 Å². The first-order valence-corrected chi connectivity index (χ1v) is 6.61. The Morgan fingerprint density at radius 1 is 1.24 bits per heavy atom. The average molecular weight is 291 g/mol. The molecular formula is C17H16F3N. The smallest absolute Gasteiger partial charge is 0.256 e. The second-order valence-corrected chi connectivity index (χ2v) is 4.98. The van der Waals surface area contributed by atoms with E-state index >= 15 is 0 Å². The molecule has 4 heteroatoms. The molecule has 0 spiro atoms. The van der Waals surface area contributed by atoms with Gasteiger partial charge in [0.1, 0.15) is 5.82 Å². The summed E-state index contributed by atoms with van der Waals surface area (Å²) in [5.74, 6) is -4.11. The lowest BCUT2D eigenvalue weighted by Crippen LogP contribution is -2.10. The van der Waals surface area contributed by atoms with Crippen LogP contribution in [0.2, 0.25) is 0 Å². The number of alkyl halides is 2. The highest BCUT2D eigenvalue weighted by Gasteiger charge is 2.29. The van der Waals surface area contributed by atoms with Gasteiger partial charge in [0.05, 0.1) is 11.3 Å². The number of aryl methyl sites for hydroxylation is 1. The Labute approximate surface area is 122 Å². The zero-order chi connectivity index (χ0) is 15.6. The monoisotopic (exact) mass is 291 g/mol. The van der Waals surface area contributed by atoms with Gasteiger partial charge in [0.2, 0.25) is 0 Å². The summed E-state index contributed by atoms with van der Waals surface area (Å²) < 4.78 is 41.1. The fourth-order valence-electron chi connectivity index (χ4n) is 2.16. The predicted octanol–water partition coefficient (Wildman–Crippen LogP) is 5.34. The van der Waals surface area contributed by atoms with Crippen LogP contribution in [0, 0.1) is 12.7 Å². The van der Waals surface area contributed by atoms with Crippen LogP contribution >= 0.6 is 0 Å². The van der Waals surface area contributed by atoms with Crippen molar-refractivity contribution in [3.63, 3.8) is 0 Å². The van der Waals surface area contributed by atoms with Crippen LogP contribution in [-0.4, -0.2) is 4.98 Å². The first-order valence-electron chi connectivity index (χ1n) is 6.61. The average Bonchev–Trinajstić information content (AvgIpc) is 2.40. The Kier molecular flexibility index (Phi) is 4.16. The minimum absolute atomic E-state index is 0.136. The molecule has 0 bridgehead atoms. The van der Waals surface area contributed by atoms with Crippen LogP contribution in [0.3, 0.4) is 0 Å². The van der Waals surface area contributed by atoms with Gasteiger partial charge in [-0.3, -0.25) is 4.98 Å². The standard InChI is InChI=1S/C17H16F3N/c1-4-6-15-11(2)9-12(10-21-15)13-7-5-8-14(16(13)18)17(3,19)20/h4-10H,1-3H3/b6-4-. The zero-order valence-corrected chi connectivity index (χ0v) is 12.1. The van der Waals surface area contributed by atoms with Crippen molar-refractivity contribution in [1.29, 1.82) is 0 Å². The predicted molar refractivity (Wildman–Crippen MR) is 78.6 cm³/mol. The summed E-state index contributed by atoms with van der Waals surface area (Å²) in [6.07, 6.45) is 5.19. The molecule has 1 nitrogen and oxygen atoms in total. The van der Waals surface area contributed by atoms with Crippen LogP contribution in [0.15, 0.2) is 36.5 Å². The summed E-state index contributed by atoms with van der Waals surface area (Å²) in [7, 11) is 0. The number of hydrogen-bond donors (Lipinski definition) is 0. The van der Waals surface area contributed by atoms with E-state index in [4.69, 9.17) is 0 Å². The normalized spacial score (nSPS) is 12.1. The van der Waals surface area contributed by atoms with Crippen molar-refractivity contribution in [3.05, 3.63) is 59.2 Å². The molecule has 110 valence electrons. The second kappa shape index (κ2) is 5.72. The molecule has 0 amide bonds. The Balaban J connectivity index is 2.55. The summed E-state index contributed by atoms with van der Waals surface area (Å²) in [5.41, 5.74) is 1.66. The zero-order valence-electron chi connectivity index (χ0n) is 12.1. The van der Waals surface area contributed by atoms with Crippen molar-refractivity contribution >= 4 is 6.08 Å². The fourth-order valence-corrected chi connectivity index (χ4v) is 2.16. The Morgan fingerprint density at radius 2 is 1.95 bits per heavy atom. The van der Waals surface area contributed by atoms with Crippen molar-refractivity contribution < 1.29 is 13.2 Å². The van der Waals surface area contributed by atoms with Crippen LogP contribution in [0.5, 0.6) is 0 Å². The molecule has 2 aromatic rings. The maximum absolute atomic E-state index is 14.3. The van der Waals surface area contributed by atoms with E-state index in [0.717, 1.165) is 17.3 Å². The third-order valence-corrected chi connectivity index (χ3v) is 3.23. The van der Waals surface area contributed by atoms with Gasteiger partial charge in [-0.25, -0.2) is 13.2 Å². The summed E-state index contributed by atoms with van der Waals surface area (Å²) >= 11 is 0. The number of hydrogen-bond acceptors (Lipinski definition) is 1. The van der Waals surface area contributed by atoms with Gasteiger partial charge in [-0.2, -0.15) is 0 Å². The van der Waals surface area contributed by atoms with E-state index in [2.05, 4.69) is 4.98 Å². The molecule has 0 aliphatic carbocycles. The number of aromatic nitrogens is 1. The Bertz CT molecular complexity index is 685. The molecule has 0 aliphatic rings. The van der Waals surface area contributed by atoms with E-state index in [1.54, 1.807) is 6.07 Å². The summed E-state index contributed by atoms with van der Waals surface area (Å²) in [6.45, 7) is 4.41. The fraction of sp³-hybridized carbons (Fsp3) is 0.235. The van der Waals surface area contributed by atoms with E-state index in [1.807, 2.05) is 26.0 Å². The Morgan fingerprint density at radius 3 is 2.52 bits per heavy atom. The highest BCUT2D eigenvalue weighted by molar-refractivity contribution is 5.67. The molecule has 2 rings (SSSR count). The van der Waals surface area contributed by atoms with Crippen LogP contribution in [0.25, 0.3) is 17.2 Å². The second-order valence-electron chi connectivity index (χ2n) is 4.98. The molecule has 0 atom stereocenters. The molecular weight excluding hydrogens is 275 g/mol. The van der Waals surface area contributed by atoms with Crippen LogP contribution in [0.4, 0.5) is 13.2 Å². The molecule has 0 fully saturated rings. The first-order chi connectivity index (χ1) is 9.84. The molecule has 1 heterocycles. The third kappa shape index (κ3) is 3.15. The molecule has 0 unspecified atom stereocenters. The number of benzene rings is 1. The molecule has 1 aromatic carbocycles. The highest BCUT2D eigenvalue weighted by Crippen LogP contribution is 2.34. The van der Waals surface area contributed by atoms with Crippen LogP contribution in [-0.2, 0) is 5.92 Å². The van der Waals surface area contributed by atoms with Crippen LogP contribution < -0.4 is 0 Å². The molecule has 0 saturated carbocycles. The highest BCUT2D eigenvalue weighted by atomic mass is 19.3. The quantitative estimate of drug-likeness (QED) is 0.743. The summed E-state index contributed by atoms with van der Waals surface area (Å²) in [4.78, 5) is 4.24. The number of rotatable bonds is 3. The van der Waals surface area contributed by atoms with Crippen molar-refractivity contribution in [2.45, 2.75) is 26.7 Å². The van der Waals surface area contributed by atoms with Gasteiger partial charge in [0.15, 0.2) is 0 Å². The van der Waals surface area contributed by atoms with E-state index in [-0.39, 0.29) is 5.56 Å². The molecule has 1 aromatic heterocycles. The Hall–Kier alpha value is -2.10. The van der Waals surface area contributed by atoms with Crippen molar-refractivity contribution in [2.24, 2.45) is 0 Å². The number of halogens is 3. The lowest BCUT2D eigenvalue weighted by atomic mass is 9.99. The minimum Gasteiger partial charge on any atom is -0.256 e. The van der Waals surface area contributed by atoms with E-state index in [1.165, 1.54) is 18.3 Å². The molecule has 0 aliphatic heterocycles. The number of nitrogens with zero attached hydrogens (tertiary/aromatic N) is 1. The van der Waals surface area contributed by atoms with Crippen LogP contribution in [0.1, 0.15) is 30.7 Å². The van der Waals surface area contributed by atoms with Gasteiger partial charge >= 0.3 is 0 Å². The lowest BCUT2D eigenvalue weighted by molar-refractivity contribution is 0.0138. The lowest BCUT2D eigenvalue weighted by Gasteiger charge is -2.14. The first kappa shape index (κ1) is 15.3. The van der Waals surface area contributed by atoms with Gasteiger partial charge in [-0.1, -0.05) is 24.3 Å². The van der Waals surface area contributed by atoms with Gasteiger partial charge < -0.3 is 0 Å². The minimum atomic E-state index is -3.21. The molecule has 21 heavy (non-hydrogen) atoms. The van der Waals surface area contributed by atoms with Crippen molar-refractivity contribution in [3.8, 4) is 11.1 Å². The maximum Gasteiger partial charge on any atom is 0.273 e. The molecule has 0 N–H and O–H groups in total. The van der Waals surface area contributed by atoms with Gasteiger partial charge in [0.25, 0.3) is 5.92 Å².